The summed E-state index contributed by atoms with van der Waals surface area (Å²) in [4.78, 5) is 0.375. The second kappa shape index (κ2) is 8.87. The molecule has 1 unspecified atom stereocenters. The normalized spacial score (nSPS) is 17.5. The summed E-state index contributed by atoms with van der Waals surface area (Å²) in [7, 11) is 0.281. The van der Waals surface area contributed by atoms with E-state index in [0.717, 1.165) is 16.7 Å². The van der Waals surface area contributed by atoms with E-state index in [0.29, 0.717) is 25.3 Å². The van der Waals surface area contributed by atoms with Crippen LogP contribution in [0, 0.1) is 0 Å². The number of hydrogen-bond acceptors (Lipinski definition) is 6. The maximum absolute atomic E-state index is 12.8. The largest absolute Gasteiger partial charge is 0.495 e. The predicted molar refractivity (Wildman–Crippen MR) is 120 cm³/mol. The van der Waals surface area contributed by atoms with Gasteiger partial charge in [-0.15, -0.1) is 0 Å². The Morgan fingerprint density at radius 3 is 2.10 bits per heavy atom. The first kappa shape index (κ1) is 23.7. The Morgan fingerprint density at radius 2 is 1.55 bits per heavy atom. The summed E-state index contributed by atoms with van der Waals surface area (Å²) < 4.78 is 58.1. The molecule has 10 heteroatoms. The molecule has 1 aliphatic rings. The van der Waals surface area contributed by atoms with Crippen molar-refractivity contribution in [3.8, 4) is 5.75 Å². The summed E-state index contributed by atoms with van der Waals surface area (Å²) >= 11 is 0. The van der Waals surface area contributed by atoms with Gasteiger partial charge in [0.15, 0.2) is 0 Å². The van der Waals surface area contributed by atoms with Crippen molar-refractivity contribution in [1.29, 1.82) is 0 Å². The fourth-order valence-corrected chi connectivity index (χ4v) is 5.66. The Bertz CT molecular complexity index is 1160. The summed E-state index contributed by atoms with van der Waals surface area (Å²) in [6, 6.07) is 10.3. The van der Waals surface area contributed by atoms with Crippen LogP contribution in [0.2, 0.25) is 0 Å². The fourth-order valence-electron chi connectivity index (χ4n) is 3.68. The molecular formula is C21H29N3O5S2. The molecule has 0 radical (unpaired) electrons. The van der Waals surface area contributed by atoms with E-state index in [2.05, 4.69) is 5.32 Å². The number of sulfonamides is 2. The topological polar surface area (TPSA) is 96.0 Å². The molecule has 3 rings (SSSR count). The van der Waals surface area contributed by atoms with Gasteiger partial charge < -0.3 is 10.1 Å². The van der Waals surface area contributed by atoms with Gasteiger partial charge in [0.25, 0.3) is 0 Å². The Labute approximate surface area is 184 Å². The van der Waals surface area contributed by atoms with Crippen molar-refractivity contribution in [3.05, 3.63) is 53.1 Å². The predicted octanol–water partition coefficient (Wildman–Crippen LogP) is 1.47. The van der Waals surface area contributed by atoms with Gasteiger partial charge in [0.1, 0.15) is 10.6 Å². The molecule has 0 saturated heterocycles. The molecule has 0 fully saturated rings. The number of ether oxygens (including phenoxy) is 1. The highest BCUT2D eigenvalue weighted by atomic mass is 32.2. The molecule has 0 aromatic heterocycles. The van der Waals surface area contributed by atoms with Crippen LogP contribution in [0.25, 0.3) is 0 Å². The number of hydrogen-bond donors (Lipinski definition) is 1. The zero-order valence-electron chi connectivity index (χ0n) is 18.4. The van der Waals surface area contributed by atoms with E-state index in [1.54, 1.807) is 24.3 Å². The molecule has 31 heavy (non-hydrogen) atoms. The van der Waals surface area contributed by atoms with Crippen LogP contribution < -0.4 is 10.1 Å². The summed E-state index contributed by atoms with van der Waals surface area (Å²) in [5, 5.41) is 3.40. The molecule has 1 atom stereocenters. The molecule has 1 heterocycles. The van der Waals surface area contributed by atoms with Crippen molar-refractivity contribution in [3.63, 3.8) is 0 Å². The summed E-state index contributed by atoms with van der Waals surface area (Å²) in [5.74, 6) is 0.227. The van der Waals surface area contributed by atoms with Gasteiger partial charge in [0.2, 0.25) is 20.0 Å². The molecule has 170 valence electrons. The molecule has 0 aliphatic carbocycles. The van der Waals surface area contributed by atoms with E-state index >= 15 is 0 Å². The maximum atomic E-state index is 12.8. The van der Waals surface area contributed by atoms with Gasteiger partial charge in [-0.3, -0.25) is 0 Å². The van der Waals surface area contributed by atoms with Crippen LogP contribution in [0.4, 0.5) is 0 Å². The van der Waals surface area contributed by atoms with Crippen molar-refractivity contribution in [2.75, 3.05) is 48.4 Å². The van der Waals surface area contributed by atoms with E-state index in [1.165, 1.54) is 43.9 Å². The Morgan fingerprint density at radius 1 is 0.935 bits per heavy atom. The maximum Gasteiger partial charge on any atom is 0.246 e. The monoisotopic (exact) mass is 467 g/mol. The highest BCUT2D eigenvalue weighted by Crippen LogP contribution is 2.36. The number of methoxy groups -OCH3 is 1. The van der Waals surface area contributed by atoms with Crippen LogP contribution in [-0.4, -0.2) is 73.8 Å². The number of rotatable bonds is 6. The third-order valence-electron chi connectivity index (χ3n) is 5.54. The number of nitrogens with one attached hydrogen (secondary N) is 1. The summed E-state index contributed by atoms with van der Waals surface area (Å²) in [6.45, 7) is 1.36. The van der Waals surface area contributed by atoms with E-state index in [1.807, 2.05) is 12.1 Å². The number of benzene rings is 2. The standard InChI is InChI=1S/C21H29N3O5S2/c1-23(2)30(25,26)17-8-6-15(7-9-17)19-14-22-11-10-16-12-21(31(27,28)24(3)4)20(29-5)13-18(16)19/h6-9,12-13,19,22H,10-11,14H2,1-5H3. The molecule has 0 saturated carbocycles. The van der Waals surface area contributed by atoms with Gasteiger partial charge in [-0.05, 0) is 53.9 Å². The molecule has 8 nitrogen and oxygen atoms in total. The van der Waals surface area contributed by atoms with Crippen LogP contribution >= 0.6 is 0 Å². The quantitative estimate of drug-likeness (QED) is 0.691. The Kier molecular flexibility index (Phi) is 6.78. The van der Waals surface area contributed by atoms with Gasteiger partial charge in [0.05, 0.1) is 12.0 Å². The van der Waals surface area contributed by atoms with Crippen LogP contribution in [-0.2, 0) is 26.5 Å². The third kappa shape index (κ3) is 4.49. The number of nitrogens with zero attached hydrogens (tertiary/aromatic N) is 2. The average molecular weight is 468 g/mol. The van der Waals surface area contributed by atoms with E-state index < -0.39 is 20.0 Å². The average Bonchev–Trinajstić information content (AvgIpc) is 2.94. The van der Waals surface area contributed by atoms with Gasteiger partial charge in [-0.1, -0.05) is 12.1 Å². The van der Waals surface area contributed by atoms with Gasteiger partial charge in [0, 0.05) is 40.7 Å². The van der Waals surface area contributed by atoms with Gasteiger partial charge >= 0.3 is 0 Å². The van der Waals surface area contributed by atoms with E-state index in [9.17, 15) is 16.8 Å². The first-order valence-electron chi connectivity index (χ1n) is 9.86. The van der Waals surface area contributed by atoms with E-state index in [-0.39, 0.29) is 15.7 Å². The Hall–Kier alpha value is -1.98. The van der Waals surface area contributed by atoms with Crippen molar-refractivity contribution in [2.24, 2.45) is 0 Å². The lowest BCUT2D eigenvalue weighted by Gasteiger charge is -2.22. The molecule has 0 spiro atoms. The van der Waals surface area contributed by atoms with Crippen LogP contribution in [0.5, 0.6) is 5.75 Å². The van der Waals surface area contributed by atoms with Crippen molar-refractivity contribution >= 4 is 20.0 Å². The third-order valence-corrected chi connectivity index (χ3v) is 9.21. The van der Waals surface area contributed by atoms with Crippen LogP contribution in [0.15, 0.2) is 46.2 Å². The lowest BCUT2D eigenvalue weighted by atomic mass is 9.88. The van der Waals surface area contributed by atoms with Crippen molar-refractivity contribution in [2.45, 2.75) is 22.1 Å². The smallest absolute Gasteiger partial charge is 0.246 e. The SMILES string of the molecule is COc1cc2c(cc1S(=O)(=O)N(C)C)CCNCC2c1ccc(S(=O)(=O)N(C)C)cc1. The Balaban J connectivity index is 2.10. The van der Waals surface area contributed by atoms with Gasteiger partial charge in [-0.2, -0.15) is 0 Å². The highest BCUT2D eigenvalue weighted by Gasteiger charge is 2.28. The first-order valence-corrected chi connectivity index (χ1v) is 12.7. The minimum absolute atomic E-state index is 0.0707. The fraction of sp³-hybridized carbons (Fsp3) is 0.429. The zero-order valence-corrected chi connectivity index (χ0v) is 20.0. The molecule has 1 aliphatic heterocycles. The van der Waals surface area contributed by atoms with Crippen molar-refractivity contribution < 1.29 is 21.6 Å². The minimum Gasteiger partial charge on any atom is -0.495 e. The zero-order chi connectivity index (χ0) is 23.0. The molecule has 2 aromatic rings. The molecule has 0 amide bonds. The lowest BCUT2D eigenvalue weighted by molar-refractivity contribution is 0.399. The molecular weight excluding hydrogens is 438 g/mol. The summed E-state index contributed by atoms with van der Waals surface area (Å²) in [5.41, 5.74) is 2.85. The van der Waals surface area contributed by atoms with Crippen LogP contribution in [0.1, 0.15) is 22.6 Å². The minimum atomic E-state index is -3.66. The van der Waals surface area contributed by atoms with Gasteiger partial charge in [-0.25, -0.2) is 25.4 Å². The van der Waals surface area contributed by atoms with Crippen molar-refractivity contribution in [1.82, 2.24) is 13.9 Å². The second-order valence-corrected chi connectivity index (χ2v) is 12.1. The second-order valence-electron chi connectivity index (χ2n) is 7.85. The molecule has 0 bridgehead atoms. The van der Waals surface area contributed by atoms with E-state index in [4.69, 9.17) is 4.74 Å². The highest BCUT2D eigenvalue weighted by molar-refractivity contribution is 7.89. The summed E-state index contributed by atoms with van der Waals surface area (Å²) in [6.07, 6.45) is 0.679. The molecule has 2 aromatic carbocycles. The first-order chi connectivity index (χ1) is 14.5. The van der Waals surface area contributed by atoms with Crippen LogP contribution in [0.3, 0.4) is 0 Å². The molecule has 1 N–H and O–H groups in total. The number of fused-ring (bicyclic) bond motifs is 1. The lowest BCUT2D eigenvalue weighted by Crippen LogP contribution is -2.23.